The van der Waals surface area contributed by atoms with Crippen LogP contribution in [0.5, 0.6) is 0 Å². The van der Waals surface area contributed by atoms with Crippen molar-refractivity contribution >= 4 is 5.91 Å². The largest absolute Gasteiger partial charge is 0.375 e. The molecule has 1 N–H and O–H groups in total. The van der Waals surface area contributed by atoms with Gasteiger partial charge in [0.25, 0.3) is 5.91 Å². The smallest absolute Gasteiger partial charge is 0.269 e. The predicted molar refractivity (Wildman–Crippen MR) is 70.6 cm³/mol. The summed E-state index contributed by atoms with van der Waals surface area (Å²) in [4.78, 5) is 11.9. The van der Waals surface area contributed by atoms with E-state index in [0.717, 1.165) is 11.3 Å². The quantitative estimate of drug-likeness (QED) is 0.590. The Balaban J connectivity index is 2.38. The van der Waals surface area contributed by atoms with Crippen LogP contribution in [0.3, 0.4) is 0 Å². The van der Waals surface area contributed by atoms with Crippen molar-refractivity contribution in [3.8, 4) is 0 Å². The number of nitrogens with one attached hydrogen (secondary N) is 1. The third-order valence-corrected chi connectivity index (χ3v) is 2.31. The lowest BCUT2D eigenvalue weighted by Gasteiger charge is -2.07. The van der Waals surface area contributed by atoms with Crippen molar-refractivity contribution < 1.29 is 9.53 Å². The second-order valence-corrected chi connectivity index (χ2v) is 4.25. The van der Waals surface area contributed by atoms with Gasteiger partial charge in [0.15, 0.2) is 0 Å². The number of aryl methyl sites for hydroxylation is 2. The summed E-state index contributed by atoms with van der Waals surface area (Å²) in [5, 5.41) is 7.04. The van der Waals surface area contributed by atoms with E-state index in [4.69, 9.17) is 4.74 Å². The molecule has 1 aromatic rings. The molecule has 18 heavy (non-hydrogen) atoms. The number of hydrogen-bond donors (Lipinski definition) is 1. The highest BCUT2D eigenvalue weighted by Gasteiger charge is 2.12. The van der Waals surface area contributed by atoms with Crippen LogP contribution in [0.2, 0.25) is 0 Å². The third kappa shape index (κ3) is 4.33. The van der Waals surface area contributed by atoms with E-state index in [1.165, 1.54) is 0 Å². The molecule has 0 fully saturated rings. The standard InChI is InChI=1S/C13H21N3O2/c1-5-16-12(8-11(4)15-16)13(17)14-6-7-18-9-10(2)3/h8H,2,5-7,9H2,1,3-4H3,(H,14,17). The van der Waals surface area contributed by atoms with Crippen molar-refractivity contribution in [2.24, 2.45) is 0 Å². The van der Waals surface area contributed by atoms with Crippen LogP contribution < -0.4 is 5.32 Å². The topological polar surface area (TPSA) is 56.1 Å². The molecule has 0 saturated heterocycles. The maximum atomic E-state index is 11.9. The molecule has 5 nitrogen and oxygen atoms in total. The van der Waals surface area contributed by atoms with Crippen LogP contribution in [-0.4, -0.2) is 35.4 Å². The highest BCUT2D eigenvalue weighted by Crippen LogP contribution is 2.03. The van der Waals surface area contributed by atoms with Gasteiger partial charge in [0.1, 0.15) is 5.69 Å². The van der Waals surface area contributed by atoms with Gasteiger partial charge < -0.3 is 10.1 Å². The summed E-state index contributed by atoms with van der Waals surface area (Å²) in [6.45, 7) is 11.7. The van der Waals surface area contributed by atoms with Crippen molar-refractivity contribution in [2.45, 2.75) is 27.3 Å². The van der Waals surface area contributed by atoms with Gasteiger partial charge in [-0.25, -0.2) is 0 Å². The van der Waals surface area contributed by atoms with Gasteiger partial charge in [0.05, 0.1) is 18.9 Å². The second kappa shape index (κ2) is 6.96. The van der Waals surface area contributed by atoms with Gasteiger partial charge in [0, 0.05) is 13.1 Å². The molecule has 1 heterocycles. The van der Waals surface area contributed by atoms with E-state index >= 15 is 0 Å². The highest BCUT2D eigenvalue weighted by atomic mass is 16.5. The summed E-state index contributed by atoms with van der Waals surface area (Å²) in [7, 11) is 0. The van der Waals surface area contributed by atoms with Crippen LogP contribution in [0.25, 0.3) is 0 Å². The average Bonchev–Trinajstić information content (AvgIpc) is 2.69. The van der Waals surface area contributed by atoms with Crippen LogP contribution in [0.1, 0.15) is 30.0 Å². The fraction of sp³-hybridized carbons (Fsp3) is 0.538. The molecule has 0 aliphatic carbocycles. The Morgan fingerprint density at radius 1 is 1.61 bits per heavy atom. The first-order valence-corrected chi connectivity index (χ1v) is 6.09. The van der Waals surface area contributed by atoms with E-state index in [0.29, 0.717) is 32.0 Å². The normalized spacial score (nSPS) is 10.4. The van der Waals surface area contributed by atoms with E-state index < -0.39 is 0 Å². The Hall–Kier alpha value is -1.62. The fourth-order valence-corrected chi connectivity index (χ4v) is 1.54. The van der Waals surface area contributed by atoms with Crippen molar-refractivity contribution in [3.63, 3.8) is 0 Å². The molecule has 0 spiro atoms. The zero-order valence-corrected chi connectivity index (χ0v) is 11.3. The van der Waals surface area contributed by atoms with Gasteiger partial charge in [-0.1, -0.05) is 12.2 Å². The molecule has 0 aliphatic heterocycles. The lowest BCUT2D eigenvalue weighted by molar-refractivity contribution is 0.0916. The van der Waals surface area contributed by atoms with Gasteiger partial charge >= 0.3 is 0 Å². The van der Waals surface area contributed by atoms with E-state index in [2.05, 4.69) is 17.0 Å². The Morgan fingerprint density at radius 3 is 2.94 bits per heavy atom. The summed E-state index contributed by atoms with van der Waals surface area (Å²) in [5.74, 6) is -0.114. The summed E-state index contributed by atoms with van der Waals surface area (Å²) < 4.78 is 7.00. The molecular weight excluding hydrogens is 230 g/mol. The number of ether oxygens (including phenoxy) is 1. The summed E-state index contributed by atoms with van der Waals surface area (Å²) >= 11 is 0. The van der Waals surface area contributed by atoms with Crippen molar-refractivity contribution in [3.05, 3.63) is 29.6 Å². The molecule has 0 saturated carbocycles. The maximum Gasteiger partial charge on any atom is 0.269 e. The van der Waals surface area contributed by atoms with E-state index in [1.807, 2.05) is 20.8 Å². The summed E-state index contributed by atoms with van der Waals surface area (Å²) in [5.41, 5.74) is 2.41. The molecule has 5 heteroatoms. The molecule has 1 aromatic heterocycles. The van der Waals surface area contributed by atoms with Crippen LogP contribution in [0.15, 0.2) is 18.2 Å². The summed E-state index contributed by atoms with van der Waals surface area (Å²) in [6.07, 6.45) is 0. The second-order valence-electron chi connectivity index (χ2n) is 4.25. The maximum absolute atomic E-state index is 11.9. The van der Waals surface area contributed by atoms with Crippen molar-refractivity contribution in [1.82, 2.24) is 15.1 Å². The minimum Gasteiger partial charge on any atom is -0.375 e. The number of rotatable bonds is 7. The highest BCUT2D eigenvalue weighted by molar-refractivity contribution is 5.92. The van der Waals surface area contributed by atoms with Crippen LogP contribution in [0.4, 0.5) is 0 Å². The number of nitrogens with zero attached hydrogens (tertiary/aromatic N) is 2. The van der Waals surface area contributed by atoms with Gasteiger partial charge in [0.2, 0.25) is 0 Å². The van der Waals surface area contributed by atoms with Gasteiger partial charge in [-0.15, -0.1) is 0 Å². The molecule has 1 amide bonds. The van der Waals surface area contributed by atoms with Crippen molar-refractivity contribution in [1.29, 1.82) is 0 Å². The Kier molecular flexibility index (Phi) is 5.58. The first kappa shape index (κ1) is 14.4. The molecule has 1 rings (SSSR count). The van der Waals surface area contributed by atoms with Crippen LogP contribution in [-0.2, 0) is 11.3 Å². The minimum atomic E-state index is -0.114. The molecule has 0 radical (unpaired) electrons. The van der Waals surface area contributed by atoms with Gasteiger partial charge in [-0.2, -0.15) is 5.10 Å². The number of aromatic nitrogens is 2. The number of hydrogen-bond acceptors (Lipinski definition) is 3. The molecule has 0 bridgehead atoms. The molecule has 0 aromatic carbocycles. The number of amides is 1. The van der Waals surface area contributed by atoms with E-state index in [1.54, 1.807) is 10.7 Å². The van der Waals surface area contributed by atoms with E-state index in [9.17, 15) is 4.79 Å². The first-order chi connectivity index (χ1) is 8.54. The predicted octanol–water partition coefficient (Wildman–Crippen LogP) is 1.53. The molecular formula is C13H21N3O2. The Labute approximate surface area is 108 Å². The molecule has 0 atom stereocenters. The average molecular weight is 251 g/mol. The Bertz CT molecular complexity index is 424. The minimum absolute atomic E-state index is 0.114. The SMILES string of the molecule is C=C(C)COCCNC(=O)c1cc(C)nn1CC. The Morgan fingerprint density at radius 2 is 2.33 bits per heavy atom. The molecule has 0 unspecified atom stereocenters. The van der Waals surface area contributed by atoms with Crippen molar-refractivity contribution in [2.75, 3.05) is 19.8 Å². The number of carbonyl (C=O) groups is 1. The molecule has 100 valence electrons. The zero-order valence-electron chi connectivity index (χ0n) is 11.3. The lowest BCUT2D eigenvalue weighted by atomic mass is 10.3. The lowest BCUT2D eigenvalue weighted by Crippen LogP contribution is -2.29. The fourth-order valence-electron chi connectivity index (χ4n) is 1.54. The summed E-state index contributed by atoms with van der Waals surface area (Å²) in [6, 6.07) is 1.79. The zero-order chi connectivity index (χ0) is 13.5. The van der Waals surface area contributed by atoms with Crippen LogP contribution >= 0.6 is 0 Å². The van der Waals surface area contributed by atoms with Gasteiger partial charge in [-0.3, -0.25) is 9.48 Å². The first-order valence-electron chi connectivity index (χ1n) is 6.09. The number of carbonyl (C=O) groups excluding carboxylic acids is 1. The van der Waals surface area contributed by atoms with Crippen LogP contribution in [0, 0.1) is 6.92 Å². The monoisotopic (exact) mass is 251 g/mol. The van der Waals surface area contributed by atoms with E-state index in [-0.39, 0.29) is 5.91 Å². The molecule has 0 aliphatic rings. The van der Waals surface area contributed by atoms with Gasteiger partial charge in [-0.05, 0) is 26.8 Å². The third-order valence-electron chi connectivity index (χ3n) is 2.31.